The highest BCUT2D eigenvalue weighted by Gasteiger charge is 2.50. The summed E-state index contributed by atoms with van der Waals surface area (Å²) in [6.45, 7) is 4.84. The number of fused-ring (bicyclic) bond motifs is 1. The van der Waals surface area contributed by atoms with Crippen molar-refractivity contribution in [2.75, 3.05) is 5.32 Å². The monoisotopic (exact) mass is 384 g/mol. The summed E-state index contributed by atoms with van der Waals surface area (Å²) < 4.78 is 5.22. The molecule has 28 heavy (non-hydrogen) atoms. The van der Waals surface area contributed by atoms with Crippen molar-refractivity contribution in [3.63, 3.8) is 0 Å². The van der Waals surface area contributed by atoms with E-state index in [1.807, 2.05) is 31.2 Å². The maximum Gasteiger partial charge on any atom is 0.329 e. The van der Waals surface area contributed by atoms with Crippen LogP contribution >= 0.6 is 0 Å². The predicted molar refractivity (Wildman–Crippen MR) is 102 cm³/mol. The fourth-order valence-corrected chi connectivity index (χ4v) is 3.52. The van der Waals surface area contributed by atoms with Crippen LogP contribution < -0.4 is 5.32 Å². The molecule has 1 heterocycles. The molecule has 2 aliphatic rings. The first-order valence-corrected chi connectivity index (χ1v) is 9.39. The number of hydrogen-bond donors (Lipinski definition) is 1. The Hall–Kier alpha value is -2.96. The van der Waals surface area contributed by atoms with Crippen molar-refractivity contribution in [2.24, 2.45) is 11.8 Å². The molecule has 3 amide bonds. The molecule has 0 bridgehead atoms. The van der Waals surface area contributed by atoms with E-state index in [1.165, 1.54) is 13.8 Å². The molecule has 1 fully saturated rings. The number of amides is 3. The minimum atomic E-state index is -1.07. The summed E-state index contributed by atoms with van der Waals surface area (Å²) in [7, 11) is 0. The number of imide groups is 1. The third-order valence-corrected chi connectivity index (χ3v) is 5.25. The second-order valence-electron chi connectivity index (χ2n) is 7.31. The first kappa shape index (κ1) is 19.8. The molecule has 1 N–H and O–H groups in total. The maximum atomic E-state index is 12.6. The maximum absolute atomic E-state index is 12.6. The Morgan fingerprint density at radius 1 is 1.04 bits per heavy atom. The van der Waals surface area contributed by atoms with Gasteiger partial charge in [0.2, 0.25) is 11.8 Å². The minimum absolute atomic E-state index is 0.347. The van der Waals surface area contributed by atoms with Crippen molar-refractivity contribution in [2.45, 2.75) is 45.8 Å². The highest BCUT2D eigenvalue weighted by molar-refractivity contribution is 6.08. The topological polar surface area (TPSA) is 92.8 Å². The van der Waals surface area contributed by atoms with E-state index in [1.54, 1.807) is 12.1 Å². The zero-order chi connectivity index (χ0) is 20.4. The van der Waals surface area contributed by atoms with E-state index in [0.29, 0.717) is 18.5 Å². The molecule has 4 atom stereocenters. The molecule has 0 saturated carbocycles. The molecule has 1 aliphatic carbocycles. The SMILES string of the molecule is Cc1ccc(NC(=O)[C@H](C)OC(=O)[C@H](C)N2C(=O)[C@H]3CC=CC[C@H]3C2=O)cc1. The van der Waals surface area contributed by atoms with Gasteiger partial charge in [0.1, 0.15) is 6.04 Å². The lowest BCUT2D eigenvalue weighted by atomic mass is 9.85. The lowest BCUT2D eigenvalue weighted by molar-refractivity contribution is -0.163. The summed E-state index contributed by atoms with van der Waals surface area (Å²) in [6, 6.07) is 6.14. The van der Waals surface area contributed by atoms with Gasteiger partial charge in [-0.1, -0.05) is 29.8 Å². The van der Waals surface area contributed by atoms with Gasteiger partial charge in [-0.3, -0.25) is 19.3 Å². The Morgan fingerprint density at radius 3 is 2.11 bits per heavy atom. The standard InChI is InChI=1S/C21H24N2O5/c1-12-8-10-15(11-9-12)22-18(24)14(3)28-21(27)13(2)23-19(25)16-6-4-5-7-17(16)20(23)26/h4-5,8-11,13-14,16-17H,6-7H2,1-3H3,(H,22,24)/t13-,14-,16-,17+/m0/s1. The first-order valence-electron chi connectivity index (χ1n) is 9.39. The van der Waals surface area contributed by atoms with Crippen LogP contribution in [0.2, 0.25) is 0 Å². The quantitative estimate of drug-likeness (QED) is 0.477. The summed E-state index contributed by atoms with van der Waals surface area (Å²) >= 11 is 0. The summed E-state index contributed by atoms with van der Waals surface area (Å²) in [5.41, 5.74) is 1.65. The molecule has 1 saturated heterocycles. The van der Waals surface area contributed by atoms with Crippen molar-refractivity contribution in [3.05, 3.63) is 42.0 Å². The Balaban J connectivity index is 1.60. The number of anilines is 1. The highest BCUT2D eigenvalue weighted by atomic mass is 16.5. The predicted octanol–water partition coefficient (Wildman–Crippen LogP) is 2.20. The van der Waals surface area contributed by atoms with Gasteiger partial charge in [0.25, 0.3) is 5.91 Å². The van der Waals surface area contributed by atoms with Crippen LogP contribution in [-0.4, -0.2) is 40.7 Å². The molecule has 1 aliphatic heterocycles. The average Bonchev–Trinajstić information content (AvgIpc) is 2.93. The highest BCUT2D eigenvalue weighted by Crippen LogP contribution is 2.36. The third kappa shape index (κ3) is 3.83. The van der Waals surface area contributed by atoms with Gasteiger partial charge < -0.3 is 10.1 Å². The second-order valence-corrected chi connectivity index (χ2v) is 7.31. The number of ether oxygens (including phenoxy) is 1. The van der Waals surface area contributed by atoms with Crippen LogP contribution in [0.1, 0.15) is 32.3 Å². The van der Waals surface area contributed by atoms with E-state index in [9.17, 15) is 19.2 Å². The summed E-state index contributed by atoms with van der Waals surface area (Å²) in [4.78, 5) is 50.9. The summed E-state index contributed by atoms with van der Waals surface area (Å²) in [5, 5.41) is 2.67. The van der Waals surface area contributed by atoms with Gasteiger partial charge in [-0.25, -0.2) is 4.79 Å². The number of nitrogens with one attached hydrogen (secondary N) is 1. The van der Waals surface area contributed by atoms with E-state index >= 15 is 0 Å². The van der Waals surface area contributed by atoms with Gasteiger partial charge >= 0.3 is 5.97 Å². The Kier molecular flexibility index (Phi) is 5.63. The van der Waals surface area contributed by atoms with E-state index in [0.717, 1.165) is 10.5 Å². The summed E-state index contributed by atoms with van der Waals surface area (Å²) in [5.74, 6) is -2.77. The molecule has 1 aromatic carbocycles. The molecule has 0 aromatic heterocycles. The van der Waals surface area contributed by atoms with Gasteiger partial charge in [0, 0.05) is 5.69 Å². The van der Waals surface area contributed by atoms with Gasteiger partial charge in [-0.15, -0.1) is 0 Å². The molecular weight excluding hydrogens is 360 g/mol. The Morgan fingerprint density at radius 2 is 1.57 bits per heavy atom. The van der Waals surface area contributed by atoms with Crippen molar-refractivity contribution >= 4 is 29.4 Å². The zero-order valence-corrected chi connectivity index (χ0v) is 16.2. The number of rotatable bonds is 5. The van der Waals surface area contributed by atoms with E-state index in [4.69, 9.17) is 4.74 Å². The number of hydrogen-bond acceptors (Lipinski definition) is 5. The number of likely N-dealkylation sites (tertiary alicyclic amines) is 1. The number of nitrogens with zero attached hydrogens (tertiary/aromatic N) is 1. The number of benzene rings is 1. The number of carbonyl (C=O) groups is 4. The second kappa shape index (κ2) is 7.96. The summed E-state index contributed by atoms with van der Waals surface area (Å²) in [6.07, 6.45) is 3.71. The van der Waals surface area contributed by atoms with Crippen LogP contribution in [0.25, 0.3) is 0 Å². The van der Waals surface area contributed by atoms with Crippen molar-refractivity contribution in [1.29, 1.82) is 0 Å². The molecule has 0 unspecified atom stereocenters. The number of allylic oxidation sites excluding steroid dienone is 2. The fraction of sp³-hybridized carbons (Fsp3) is 0.429. The molecule has 148 valence electrons. The van der Waals surface area contributed by atoms with Crippen LogP contribution in [0.3, 0.4) is 0 Å². The third-order valence-electron chi connectivity index (χ3n) is 5.25. The van der Waals surface area contributed by atoms with Crippen molar-refractivity contribution < 1.29 is 23.9 Å². The number of carbonyl (C=O) groups excluding carboxylic acids is 4. The minimum Gasteiger partial charge on any atom is -0.451 e. The van der Waals surface area contributed by atoms with Crippen LogP contribution in [0.4, 0.5) is 5.69 Å². The van der Waals surface area contributed by atoms with Crippen LogP contribution in [0.5, 0.6) is 0 Å². The fourth-order valence-electron chi connectivity index (χ4n) is 3.52. The van der Waals surface area contributed by atoms with E-state index in [2.05, 4.69) is 5.32 Å². The van der Waals surface area contributed by atoms with Gasteiger partial charge in [-0.2, -0.15) is 0 Å². The van der Waals surface area contributed by atoms with Gasteiger partial charge in [0.15, 0.2) is 6.10 Å². The Bertz CT molecular complexity index is 804. The van der Waals surface area contributed by atoms with Crippen molar-refractivity contribution in [3.8, 4) is 0 Å². The lowest BCUT2D eigenvalue weighted by Gasteiger charge is -2.23. The van der Waals surface area contributed by atoms with E-state index in [-0.39, 0.29) is 11.8 Å². The van der Waals surface area contributed by atoms with Gasteiger partial charge in [0.05, 0.1) is 11.8 Å². The molecule has 7 nitrogen and oxygen atoms in total. The number of aryl methyl sites for hydroxylation is 1. The molecule has 0 spiro atoms. The Labute approximate surface area is 163 Å². The van der Waals surface area contributed by atoms with Gasteiger partial charge in [-0.05, 0) is 45.7 Å². The lowest BCUT2D eigenvalue weighted by Crippen LogP contribution is -2.46. The molecule has 3 rings (SSSR count). The van der Waals surface area contributed by atoms with Crippen LogP contribution in [0, 0.1) is 18.8 Å². The normalized spacial score (nSPS) is 23.2. The molecule has 0 radical (unpaired) electrons. The van der Waals surface area contributed by atoms with Crippen molar-refractivity contribution in [1.82, 2.24) is 4.90 Å². The molecular formula is C21H24N2O5. The zero-order valence-electron chi connectivity index (χ0n) is 16.2. The molecule has 1 aromatic rings. The first-order chi connectivity index (χ1) is 13.3. The smallest absolute Gasteiger partial charge is 0.329 e. The largest absolute Gasteiger partial charge is 0.451 e. The van der Waals surface area contributed by atoms with Crippen LogP contribution in [0.15, 0.2) is 36.4 Å². The number of esters is 1. The van der Waals surface area contributed by atoms with Crippen LogP contribution in [-0.2, 0) is 23.9 Å². The molecule has 7 heteroatoms. The average molecular weight is 384 g/mol. The van der Waals surface area contributed by atoms with E-state index < -0.39 is 35.9 Å².